The van der Waals surface area contributed by atoms with E-state index in [-0.39, 0.29) is 35.5 Å². The number of halogens is 1. The van der Waals surface area contributed by atoms with Crippen LogP contribution in [-0.2, 0) is 9.84 Å². The standard InChI is InChI=1S/C18H32N4O2S.HI/c1-4-19-18(21-14-16-25(23,24)6-3)20-13-10-15-22(5-2)17-11-8-7-9-12-17;/h7-9,11-12H,4-6,10,13-16H2,1-3H3,(H2,19,20,21);1H. The van der Waals surface area contributed by atoms with E-state index in [1.165, 1.54) is 5.69 Å². The molecule has 0 aromatic heterocycles. The molecule has 0 heterocycles. The summed E-state index contributed by atoms with van der Waals surface area (Å²) < 4.78 is 23.1. The molecule has 0 spiro atoms. The van der Waals surface area contributed by atoms with E-state index in [1.807, 2.05) is 25.1 Å². The lowest BCUT2D eigenvalue weighted by molar-refractivity contribution is 0.595. The second-order valence-corrected chi connectivity index (χ2v) is 8.17. The number of rotatable bonds is 11. The van der Waals surface area contributed by atoms with Gasteiger partial charge in [0.25, 0.3) is 0 Å². The van der Waals surface area contributed by atoms with E-state index in [2.05, 4.69) is 39.6 Å². The number of benzene rings is 1. The molecule has 0 saturated carbocycles. The first-order chi connectivity index (χ1) is 12.0. The molecule has 1 aromatic carbocycles. The molecule has 150 valence electrons. The van der Waals surface area contributed by atoms with Crippen molar-refractivity contribution in [1.82, 2.24) is 10.6 Å². The molecule has 0 aliphatic rings. The zero-order valence-corrected chi connectivity index (χ0v) is 19.2. The Hall–Kier alpha value is -1.03. The van der Waals surface area contributed by atoms with Crippen molar-refractivity contribution in [3.63, 3.8) is 0 Å². The summed E-state index contributed by atoms with van der Waals surface area (Å²) in [5.74, 6) is 0.983. The molecule has 6 nitrogen and oxygen atoms in total. The summed E-state index contributed by atoms with van der Waals surface area (Å²) in [7, 11) is -2.95. The third-order valence-corrected chi connectivity index (χ3v) is 5.55. The van der Waals surface area contributed by atoms with Crippen LogP contribution in [0.4, 0.5) is 5.69 Å². The number of sulfone groups is 1. The Kier molecular flexibility index (Phi) is 13.5. The summed E-state index contributed by atoms with van der Waals surface area (Å²) in [6.07, 6.45) is 0.937. The third-order valence-electron chi connectivity index (χ3n) is 3.85. The van der Waals surface area contributed by atoms with Crippen molar-refractivity contribution in [2.24, 2.45) is 4.99 Å². The minimum absolute atomic E-state index is 0. The van der Waals surface area contributed by atoms with Crippen LogP contribution in [-0.4, -0.2) is 58.6 Å². The summed E-state index contributed by atoms with van der Waals surface area (Å²) in [6, 6.07) is 10.4. The lowest BCUT2D eigenvalue weighted by atomic mass is 10.2. The molecule has 1 aromatic rings. The van der Waals surface area contributed by atoms with Crippen molar-refractivity contribution in [2.45, 2.75) is 27.2 Å². The van der Waals surface area contributed by atoms with Crippen LogP contribution >= 0.6 is 24.0 Å². The predicted molar refractivity (Wildman–Crippen MR) is 123 cm³/mol. The van der Waals surface area contributed by atoms with E-state index < -0.39 is 9.84 Å². The quantitative estimate of drug-likeness (QED) is 0.213. The van der Waals surface area contributed by atoms with E-state index in [1.54, 1.807) is 6.92 Å². The molecular weight excluding hydrogens is 463 g/mol. The Morgan fingerprint density at radius 3 is 2.38 bits per heavy atom. The second kappa shape index (κ2) is 14.1. The van der Waals surface area contributed by atoms with Crippen LogP contribution in [0.5, 0.6) is 0 Å². The SMILES string of the molecule is CCNC(=NCCCN(CC)c1ccccc1)NCCS(=O)(=O)CC.I. The normalized spacial score (nSPS) is 11.6. The Morgan fingerprint density at radius 2 is 1.81 bits per heavy atom. The highest BCUT2D eigenvalue weighted by molar-refractivity contribution is 14.0. The maximum absolute atomic E-state index is 11.5. The number of aliphatic imine (C=N–C) groups is 1. The summed E-state index contributed by atoms with van der Waals surface area (Å²) in [5.41, 5.74) is 1.23. The van der Waals surface area contributed by atoms with E-state index in [0.717, 1.165) is 26.1 Å². The average Bonchev–Trinajstić information content (AvgIpc) is 2.62. The summed E-state index contributed by atoms with van der Waals surface area (Å²) in [6.45, 7) is 9.53. The highest BCUT2D eigenvalue weighted by Crippen LogP contribution is 2.12. The molecule has 0 amide bonds. The van der Waals surface area contributed by atoms with Crippen LogP contribution in [0.25, 0.3) is 0 Å². The maximum Gasteiger partial charge on any atom is 0.191 e. The molecule has 8 heteroatoms. The fourth-order valence-electron chi connectivity index (χ4n) is 2.37. The number of guanidine groups is 1. The first kappa shape index (κ1) is 25.0. The fourth-order valence-corrected chi connectivity index (χ4v) is 3.07. The van der Waals surface area contributed by atoms with Gasteiger partial charge in [0.1, 0.15) is 0 Å². The monoisotopic (exact) mass is 496 g/mol. The van der Waals surface area contributed by atoms with Crippen LogP contribution in [0.2, 0.25) is 0 Å². The molecule has 0 fully saturated rings. The van der Waals surface area contributed by atoms with Crippen molar-refractivity contribution in [3.05, 3.63) is 30.3 Å². The number of hydrogen-bond acceptors (Lipinski definition) is 4. The van der Waals surface area contributed by atoms with Gasteiger partial charge in [0, 0.05) is 44.2 Å². The molecule has 2 N–H and O–H groups in total. The Bertz CT molecular complexity index is 609. The second-order valence-electron chi connectivity index (χ2n) is 5.69. The van der Waals surface area contributed by atoms with Gasteiger partial charge in [-0.15, -0.1) is 24.0 Å². The lowest BCUT2D eigenvalue weighted by Gasteiger charge is -2.22. The summed E-state index contributed by atoms with van der Waals surface area (Å²) in [4.78, 5) is 6.85. The molecule has 0 saturated heterocycles. The van der Waals surface area contributed by atoms with Gasteiger partial charge in [-0.2, -0.15) is 0 Å². The van der Waals surface area contributed by atoms with Crippen LogP contribution in [0.3, 0.4) is 0 Å². The van der Waals surface area contributed by atoms with Gasteiger partial charge in [-0.3, -0.25) is 4.99 Å². The van der Waals surface area contributed by atoms with E-state index in [0.29, 0.717) is 19.0 Å². The molecule has 0 radical (unpaired) electrons. The zero-order valence-electron chi connectivity index (χ0n) is 16.1. The first-order valence-electron chi connectivity index (χ1n) is 9.05. The molecule has 0 aliphatic heterocycles. The lowest BCUT2D eigenvalue weighted by Crippen LogP contribution is -2.40. The van der Waals surface area contributed by atoms with Gasteiger partial charge in [0.05, 0.1) is 5.75 Å². The predicted octanol–water partition coefficient (Wildman–Crippen LogP) is 2.51. The number of anilines is 1. The summed E-state index contributed by atoms with van der Waals surface area (Å²) in [5, 5.41) is 6.24. The van der Waals surface area contributed by atoms with Crippen LogP contribution in [0.15, 0.2) is 35.3 Å². The van der Waals surface area contributed by atoms with Gasteiger partial charge < -0.3 is 15.5 Å². The van der Waals surface area contributed by atoms with Gasteiger partial charge in [-0.1, -0.05) is 25.1 Å². The van der Waals surface area contributed by atoms with Gasteiger partial charge in [-0.25, -0.2) is 8.42 Å². The molecular formula is C18H33IN4O2S. The molecule has 0 unspecified atom stereocenters. The minimum atomic E-state index is -2.95. The van der Waals surface area contributed by atoms with Crippen molar-refractivity contribution in [2.75, 3.05) is 49.1 Å². The number of hydrogen-bond donors (Lipinski definition) is 2. The number of nitrogens with one attached hydrogen (secondary N) is 2. The van der Waals surface area contributed by atoms with Crippen molar-refractivity contribution in [3.8, 4) is 0 Å². The third kappa shape index (κ3) is 10.2. The van der Waals surface area contributed by atoms with E-state index in [4.69, 9.17) is 0 Å². The zero-order chi connectivity index (χ0) is 18.5. The molecule has 26 heavy (non-hydrogen) atoms. The maximum atomic E-state index is 11.5. The number of nitrogens with zero attached hydrogens (tertiary/aromatic N) is 2. The van der Waals surface area contributed by atoms with Gasteiger partial charge in [0.15, 0.2) is 15.8 Å². The summed E-state index contributed by atoms with van der Waals surface area (Å²) >= 11 is 0. The smallest absolute Gasteiger partial charge is 0.191 e. The Morgan fingerprint density at radius 1 is 1.12 bits per heavy atom. The molecule has 0 aliphatic carbocycles. The van der Waals surface area contributed by atoms with Crippen LogP contribution in [0.1, 0.15) is 27.2 Å². The van der Waals surface area contributed by atoms with Gasteiger partial charge in [-0.05, 0) is 32.4 Å². The van der Waals surface area contributed by atoms with Gasteiger partial charge >= 0.3 is 0 Å². The van der Waals surface area contributed by atoms with Crippen LogP contribution < -0.4 is 15.5 Å². The highest BCUT2D eigenvalue weighted by Gasteiger charge is 2.07. The average molecular weight is 496 g/mol. The van der Waals surface area contributed by atoms with E-state index >= 15 is 0 Å². The first-order valence-corrected chi connectivity index (χ1v) is 10.9. The Labute approximate surface area is 175 Å². The van der Waals surface area contributed by atoms with E-state index in [9.17, 15) is 8.42 Å². The molecule has 1 rings (SSSR count). The topological polar surface area (TPSA) is 73.8 Å². The van der Waals surface area contributed by atoms with Crippen molar-refractivity contribution in [1.29, 1.82) is 0 Å². The van der Waals surface area contributed by atoms with Crippen LogP contribution in [0, 0.1) is 0 Å². The highest BCUT2D eigenvalue weighted by atomic mass is 127. The van der Waals surface area contributed by atoms with Crippen molar-refractivity contribution < 1.29 is 8.42 Å². The van der Waals surface area contributed by atoms with Crippen molar-refractivity contribution >= 4 is 45.5 Å². The largest absolute Gasteiger partial charge is 0.372 e. The number of para-hydroxylation sites is 1. The minimum Gasteiger partial charge on any atom is -0.372 e. The molecule has 0 bridgehead atoms. The Balaban J connectivity index is 0.00000625. The fraction of sp³-hybridized carbons (Fsp3) is 0.611. The molecule has 0 atom stereocenters. The van der Waals surface area contributed by atoms with Gasteiger partial charge in [0.2, 0.25) is 0 Å².